The number of fused-ring (bicyclic) bond motifs is 2. The number of allylic oxidation sites excluding steroid dienone is 1. The molecule has 31 heavy (non-hydrogen) atoms. The first kappa shape index (κ1) is 19.0. The Morgan fingerprint density at radius 1 is 1.00 bits per heavy atom. The SMILES string of the molecule is C=C(C)n1c(=O)n(Cc2nc3ccccc3n2CCc2nnn(C)n2)c2ccccc21. The molecule has 0 radical (unpaired) electrons. The molecule has 3 heterocycles. The molecular weight excluding hydrogens is 392 g/mol. The van der Waals surface area contributed by atoms with Gasteiger partial charge in [0.2, 0.25) is 0 Å². The quantitative estimate of drug-likeness (QED) is 0.426. The van der Waals surface area contributed by atoms with Gasteiger partial charge in [-0.25, -0.2) is 9.78 Å². The molecule has 0 fully saturated rings. The van der Waals surface area contributed by atoms with Crippen LogP contribution < -0.4 is 5.69 Å². The molecule has 0 atom stereocenters. The fourth-order valence-electron chi connectivity index (χ4n) is 4.00. The molecule has 5 rings (SSSR count). The van der Waals surface area contributed by atoms with Crippen molar-refractivity contribution in [1.82, 2.24) is 38.9 Å². The van der Waals surface area contributed by atoms with Gasteiger partial charge in [-0.1, -0.05) is 30.8 Å². The van der Waals surface area contributed by atoms with Crippen LogP contribution in [0.15, 0.2) is 59.9 Å². The number of imidazole rings is 2. The van der Waals surface area contributed by atoms with E-state index in [4.69, 9.17) is 4.98 Å². The molecule has 0 aliphatic rings. The van der Waals surface area contributed by atoms with Crippen molar-refractivity contribution < 1.29 is 0 Å². The Morgan fingerprint density at radius 3 is 2.42 bits per heavy atom. The Morgan fingerprint density at radius 2 is 1.71 bits per heavy atom. The van der Waals surface area contributed by atoms with Crippen LogP contribution in [0, 0.1) is 0 Å². The second kappa shape index (κ2) is 7.35. The largest absolute Gasteiger partial charge is 0.333 e. The van der Waals surface area contributed by atoms with Crippen molar-refractivity contribution in [2.45, 2.75) is 26.4 Å². The molecule has 5 aromatic rings. The van der Waals surface area contributed by atoms with E-state index in [1.807, 2.05) is 55.5 Å². The molecule has 156 valence electrons. The zero-order valence-corrected chi connectivity index (χ0v) is 17.4. The van der Waals surface area contributed by atoms with E-state index in [0.717, 1.165) is 27.9 Å². The molecule has 0 amide bonds. The normalized spacial score (nSPS) is 11.5. The van der Waals surface area contributed by atoms with Gasteiger partial charge >= 0.3 is 5.69 Å². The Balaban J connectivity index is 1.61. The second-order valence-corrected chi connectivity index (χ2v) is 7.54. The number of aromatic nitrogens is 8. The number of nitrogens with zero attached hydrogens (tertiary/aromatic N) is 8. The molecule has 0 aliphatic heterocycles. The molecule has 0 spiro atoms. The van der Waals surface area contributed by atoms with Gasteiger partial charge in [-0.15, -0.1) is 10.2 Å². The minimum atomic E-state index is -0.122. The van der Waals surface area contributed by atoms with E-state index >= 15 is 0 Å². The first-order valence-electron chi connectivity index (χ1n) is 10.1. The van der Waals surface area contributed by atoms with Gasteiger partial charge in [-0.2, -0.15) is 4.80 Å². The maximum atomic E-state index is 13.2. The third kappa shape index (κ3) is 3.24. The van der Waals surface area contributed by atoms with Crippen LogP contribution in [-0.4, -0.2) is 38.9 Å². The van der Waals surface area contributed by atoms with Gasteiger partial charge in [0.05, 0.1) is 35.7 Å². The molecule has 0 saturated carbocycles. The summed E-state index contributed by atoms with van der Waals surface area (Å²) < 4.78 is 5.53. The molecule has 0 N–H and O–H groups in total. The molecule has 0 unspecified atom stereocenters. The van der Waals surface area contributed by atoms with Gasteiger partial charge in [0.25, 0.3) is 0 Å². The van der Waals surface area contributed by atoms with E-state index in [2.05, 4.69) is 26.6 Å². The summed E-state index contributed by atoms with van der Waals surface area (Å²) in [6.45, 7) is 6.80. The van der Waals surface area contributed by atoms with Gasteiger partial charge in [0, 0.05) is 18.7 Å². The summed E-state index contributed by atoms with van der Waals surface area (Å²) in [4.78, 5) is 19.5. The average Bonchev–Trinajstić information content (AvgIpc) is 3.41. The third-order valence-electron chi connectivity index (χ3n) is 5.36. The van der Waals surface area contributed by atoms with Crippen molar-refractivity contribution >= 4 is 27.8 Å². The Labute approximate surface area is 177 Å². The summed E-state index contributed by atoms with van der Waals surface area (Å²) in [6, 6.07) is 15.7. The van der Waals surface area contributed by atoms with Crippen molar-refractivity contribution in [2.75, 3.05) is 0 Å². The van der Waals surface area contributed by atoms with Crippen LogP contribution in [-0.2, 0) is 26.6 Å². The lowest BCUT2D eigenvalue weighted by Crippen LogP contribution is -2.25. The molecule has 0 saturated heterocycles. The smallest absolute Gasteiger partial charge is 0.326 e. The lowest BCUT2D eigenvalue weighted by molar-refractivity contribution is 0.609. The highest BCUT2D eigenvalue weighted by Gasteiger charge is 2.17. The van der Waals surface area contributed by atoms with Crippen LogP contribution in [0.3, 0.4) is 0 Å². The highest BCUT2D eigenvalue weighted by Crippen LogP contribution is 2.20. The van der Waals surface area contributed by atoms with Crippen molar-refractivity contribution in [3.05, 3.63) is 77.2 Å². The summed E-state index contributed by atoms with van der Waals surface area (Å²) in [6.07, 6.45) is 0.615. The van der Waals surface area contributed by atoms with Crippen LogP contribution >= 0.6 is 0 Å². The van der Waals surface area contributed by atoms with E-state index in [1.54, 1.807) is 16.2 Å². The minimum Gasteiger partial charge on any atom is -0.326 e. The number of tetrazole rings is 1. The van der Waals surface area contributed by atoms with Crippen molar-refractivity contribution in [1.29, 1.82) is 0 Å². The number of aryl methyl sites for hydroxylation is 3. The number of benzene rings is 2. The Bertz CT molecular complexity index is 1480. The summed E-state index contributed by atoms with van der Waals surface area (Å²) in [5, 5.41) is 12.3. The maximum absolute atomic E-state index is 13.2. The summed E-state index contributed by atoms with van der Waals surface area (Å²) in [5.74, 6) is 1.47. The molecule has 3 aromatic heterocycles. The Hall–Kier alpha value is -4.01. The van der Waals surface area contributed by atoms with Gasteiger partial charge in [-0.3, -0.25) is 9.13 Å². The predicted octanol–water partition coefficient (Wildman–Crippen LogP) is 2.46. The number of hydrogen-bond donors (Lipinski definition) is 0. The highest BCUT2D eigenvalue weighted by molar-refractivity contribution is 5.80. The van der Waals surface area contributed by atoms with Gasteiger partial charge < -0.3 is 4.57 Å². The minimum absolute atomic E-state index is 0.122. The lowest BCUT2D eigenvalue weighted by atomic mass is 10.3. The molecule has 0 aliphatic carbocycles. The van der Waals surface area contributed by atoms with Crippen molar-refractivity contribution in [3.8, 4) is 0 Å². The van der Waals surface area contributed by atoms with Gasteiger partial charge in [0.15, 0.2) is 5.82 Å². The lowest BCUT2D eigenvalue weighted by Gasteiger charge is -2.09. The summed E-state index contributed by atoms with van der Waals surface area (Å²) in [7, 11) is 1.75. The monoisotopic (exact) mass is 414 g/mol. The number of rotatable bonds is 6. The zero-order valence-electron chi connectivity index (χ0n) is 17.4. The standard InChI is InChI=1S/C22H22N8O/c1-15(2)30-19-11-7-6-10-18(19)29(22(30)31)14-21-23-16-8-4-5-9-17(16)28(21)13-12-20-24-26-27(3)25-20/h4-11H,1,12-14H2,2-3H3. The second-order valence-electron chi connectivity index (χ2n) is 7.54. The predicted molar refractivity (Wildman–Crippen MR) is 119 cm³/mol. The van der Waals surface area contributed by atoms with Gasteiger partial charge in [-0.05, 0) is 36.4 Å². The van der Waals surface area contributed by atoms with Crippen molar-refractivity contribution in [2.24, 2.45) is 7.05 Å². The molecule has 9 heteroatoms. The van der Waals surface area contributed by atoms with E-state index in [-0.39, 0.29) is 5.69 Å². The van der Waals surface area contributed by atoms with Crippen LogP contribution in [0.25, 0.3) is 27.8 Å². The molecule has 9 nitrogen and oxygen atoms in total. The Kier molecular flexibility index (Phi) is 4.50. The topological polar surface area (TPSA) is 88.4 Å². The molecule has 2 aromatic carbocycles. The third-order valence-corrected chi connectivity index (χ3v) is 5.36. The first-order chi connectivity index (χ1) is 15.0. The summed E-state index contributed by atoms with van der Waals surface area (Å²) >= 11 is 0. The van der Waals surface area contributed by atoms with Gasteiger partial charge in [0.1, 0.15) is 5.82 Å². The van der Waals surface area contributed by atoms with E-state index in [1.165, 1.54) is 4.80 Å². The van der Waals surface area contributed by atoms with E-state index in [0.29, 0.717) is 31.0 Å². The number of para-hydroxylation sites is 4. The molecule has 0 bridgehead atoms. The van der Waals surface area contributed by atoms with E-state index < -0.39 is 0 Å². The highest BCUT2D eigenvalue weighted by atomic mass is 16.1. The average molecular weight is 414 g/mol. The molecular formula is C22H22N8O. The van der Waals surface area contributed by atoms with Crippen molar-refractivity contribution in [3.63, 3.8) is 0 Å². The first-order valence-corrected chi connectivity index (χ1v) is 10.1. The van der Waals surface area contributed by atoms with Crippen LogP contribution in [0.5, 0.6) is 0 Å². The number of hydrogen-bond acceptors (Lipinski definition) is 5. The maximum Gasteiger partial charge on any atom is 0.333 e. The van der Waals surface area contributed by atoms with Crippen LogP contribution in [0.2, 0.25) is 0 Å². The fourth-order valence-corrected chi connectivity index (χ4v) is 4.00. The fraction of sp³-hybridized carbons (Fsp3) is 0.227. The zero-order chi connectivity index (χ0) is 21.5. The summed E-state index contributed by atoms with van der Waals surface area (Å²) in [5.41, 5.74) is 4.15. The van der Waals surface area contributed by atoms with E-state index in [9.17, 15) is 4.79 Å². The van der Waals surface area contributed by atoms with Crippen LogP contribution in [0.4, 0.5) is 0 Å². The van der Waals surface area contributed by atoms with Crippen LogP contribution in [0.1, 0.15) is 18.6 Å².